The Morgan fingerprint density at radius 2 is 2.00 bits per heavy atom. The van der Waals surface area contributed by atoms with Gasteiger partial charge in [0, 0.05) is 18.5 Å². The predicted octanol–water partition coefficient (Wildman–Crippen LogP) is 2.25. The molecule has 2 aliphatic heterocycles. The summed E-state index contributed by atoms with van der Waals surface area (Å²) in [6.07, 6.45) is 6.51. The summed E-state index contributed by atoms with van der Waals surface area (Å²) < 4.78 is 5.33. The topological polar surface area (TPSA) is 38.3 Å². The highest BCUT2D eigenvalue weighted by molar-refractivity contribution is 5.69. The van der Waals surface area contributed by atoms with E-state index in [1.807, 2.05) is 13.8 Å². The number of hydrogen-bond acceptors (Lipinski definition) is 3. The van der Waals surface area contributed by atoms with E-state index in [1.165, 1.54) is 12.8 Å². The van der Waals surface area contributed by atoms with Gasteiger partial charge in [0.25, 0.3) is 0 Å². The summed E-state index contributed by atoms with van der Waals surface area (Å²) >= 11 is 0. The molecule has 0 aromatic rings. The van der Waals surface area contributed by atoms with Crippen LogP contribution in [0.25, 0.3) is 0 Å². The highest BCUT2D eigenvalue weighted by Crippen LogP contribution is 2.32. The van der Waals surface area contributed by atoms with E-state index in [4.69, 9.17) is 4.74 Å². The third-order valence-corrected chi connectivity index (χ3v) is 3.93. The molecule has 0 aliphatic carbocycles. The number of fused-ring (bicyclic) bond motifs is 2. The summed E-state index contributed by atoms with van der Waals surface area (Å²) in [5, 5.41) is 3.59. The molecule has 0 saturated carbocycles. The van der Waals surface area contributed by atoms with Gasteiger partial charge in [-0.05, 0) is 44.9 Å². The van der Waals surface area contributed by atoms with Gasteiger partial charge < -0.3 is 10.1 Å². The van der Waals surface area contributed by atoms with Crippen LogP contribution in [0.5, 0.6) is 0 Å². The molecule has 2 fully saturated rings. The Hall–Kier alpha value is -0.570. The molecule has 3 nitrogen and oxygen atoms in total. The summed E-state index contributed by atoms with van der Waals surface area (Å²) in [5.74, 6) is 0.552. The van der Waals surface area contributed by atoms with Crippen molar-refractivity contribution in [1.82, 2.24) is 5.32 Å². The summed E-state index contributed by atoms with van der Waals surface area (Å²) in [4.78, 5) is 11.7. The van der Waals surface area contributed by atoms with E-state index in [0.29, 0.717) is 24.4 Å². The van der Waals surface area contributed by atoms with Crippen molar-refractivity contribution < 1.29 is 9.53 Å². The van der Waals surface area contributed by atoms with E-state index in [-0.39, 0.29) is 12.1 Å². The summed E-state index contributed by atoms with van der Waals surface area (Å²) in [5.41, 5.74) is 0. The van der Waals surface area contributed by atoms with E-state index < -0.39 is 0 Å². The molecule has 0 spiro atoms. The highest BCUT2D eigenvalue weighted by Gasteiger charge is 2.34. The van der Waals surface area contributed by atoms with E-state index >= 15 is 0 Å². The van der Waals surface area contributed by atoms with Crippen LogP contribution in [-0.2, 0) is 9.53 Å². The van der Waals surface area contributed by atoms with Gasteiger partial charge in [-0.25, -0.2) is 0 Å². The standard InChI is InChI=1S/C13H23NO2/c1-3-9(2)16-13(15)8-10-6-11-4-5-12(7-10)14-11/h9-12,14H,3-8H2,1-2H3. The molecular formula is C13H23NO2. The normalized spacial score (nSPS) is 34.8. The van der Waals surface area contributed by atoms with Gasteiger partial charge >= 0.3 is 5.97 Å². The van der Waals surface area contributed by atoms with E-state index in [9.17, 15) is 4.79 Å². The third kappa shape index (κ3) is 2.97. The Bertz CT molecular complexity index is 242. The average molecular weight is 225 g/mol. The molecule has 2 aliphatic rings. The minimum absolute atomic E-state index is 0.000602. The Balaban J connectivity index is 1.75. The van der Waals surface area contributed by atoms with Crippen molar-refractivity contribution in [2.75, 3.05) is 0 Å². The van der Waals surface area contributed by atoms with Crippen molar-refractivity contribution in [2.45, 2.75) is 70.6 Å². The van der Waals surface area contributed by atoms with Crippen molar-refractivity contribution in [3.05, 3.63) is 0 Å². The molecule has 2 bridgehead atoms. The fourth-order valence-electron chi connectivity index (χ4n) is 2.93. The van der Waals surface area contributed by atoms with Crippen molar-refractivity contribution in [1.29, 1.82) is 0 Å². The maximum Gasteiger partial charge on any atom is 0.306 e. The van der Waals surface area contributed by atoms with Gasteiger partial charge in [0.15, 0.2) is 0 Å². The molecule has 92 valence electrons. The smallest absolute Gasteiger partial charge is 0.306 e. The van der Waals surface area contributed by atoms with Gasteiger partial charge in [0.05, 0.1) is 6.10 Å². The SMILES string of the molecule is CCC(C)OC(=O)CC1CC2CCC(C1)N2. The Kier molecular flexibility index (Phi) is 3.85. The molecule has 3 unspecified atom stereocenters. The van der Waals surface area contributed by atoms with Crippen LogP contribution in [0, 0.1) is 5.92 Å². The molecule has 0 amide bonds. The molecule has 2 saturated heterocycles. The molecule has 3 heteroatoms. The number of rotatable bonds is 4. The Morgan fingerprint density at radius 1 is 1.38 bits per heavy atom. The van der Waals surface area contributed by atoms with Crippen LogP contribution in [0.3, 0.4) is 0 Å². The second-order valence-corrected chi connectivity index (χ2v) is 5.39. The largest absolute Gasteiger partial charge is 0.463 e. The first kappa shape index (κ1) is 11.9. The number of ether oxygens (including phenoxy) is 1. The summed E-state index contributed by atoms with van der Waals surface area (Å²) in [6.45, 7) is 4.01. The first-order chi connectivity index (χ1) is 7.67. The molecule has 2 rings (SSSR count). The zero-order valence-corrected chi connectivity index (χ0v) is 10.4. The fourth-order valence-corrected chi connectivity index (χ4v) is 2.93. The molecule has 16 heavy (non-hydrogen) atoms. The van der Waals surface area contributed by atoms with Gasteiger partial charge in [0.2, 0.25) is 0 Å². The minimum Gasteiger partial charge on any atom is -0.463 e. The quantitative estimate of drug-likeness (QED) is 0.746. The van der Waals surface area contributed by atoms with Crippen LogP contribution >= 0.6 is 0 Å². The Labute approximate surface area is 97.9 Å². The van der Waals surface area contributed by atoms with Gasteiger partial charge in [-0.15, -0.1) is 0 Å². The van der Waals surface area contributed by atoms with E-state index in [0.717, 1.165) is 19.3 Å². The second-order valence-electron chi connectivity index (χ2n) is 5.39. The fraction of sp³-hybridized carbons (Fsp3) is 0.923. The minimum atomic E-state index is 0.000602. The zero-order valence-electron chi connectivity index (χ0n) is 10.4. The van der Waals surface area contributed by atoms with Gasteiger partial charge in [0.1, 0.15) is 0 Å². The molecular weight excluding hydrogens is 202 g/mol. The monoisotopic (exact) mass is 225 g/mol. The number of hydrogen-bond donors (Lipinski definition) is 1. The average Bonchev–Trinajstić information content (AvgIpc) is 2.57. The van der Waals surface area contributed by atoms with E-state index in [1.54, 1.807) is 0 Å². The predicted molar refractivity (Wildman–Crippen MR) is 63.1 cm³/mol. The number of piperidine rings is 1. The highest BCUT2D eigenvalue weighted by atomic mass is 16.5. The summed E-state index contributed by atoms with van der Waals surface area (Å²) in [6, 6.07) is 1.33. The lowest BCUT2D eigenvalue weighted by Gasteiger charge is -2.28. The number of carbonyl (C=O) groups is 1. The van der Waals surface area contributed by atoms with Crippen LogP contribution in [0.4, 0.5) is 0 Å². The molecule has 2 heterocycles. The second kappa shape index (κ2) is 5.17. The molecule has 0 radical (unpaired) electrons. The van der Waals surface area contributed by atoms with Crippen molar-refractivity contribution in [2.24, 2.45) is 5.92 Å². The maximum atomic E-state index is 11.7. The van der Waals surface area contributed by atoms with Crippen molar-refractivity contribution >= 4 is 5.97 Å². The third-order valence-electron chi connectivity index (χ3n) is 3.93. The van der Waals surface area contributed by atoms with Gasteiger partial charge in [-0.3, -0.25) is 4.79 Å². The van der Waals surface area contributed by atoms with Crippen LogP contribution in [0.15, 0.2) is 0 Å². The van der Waals surface area contributed by atoms with Crippen LogP contribution in [0.2, 0.25) is 0 Å². The molecule has 0 aromatic heterocycles. The molecule has 0 aromatic carbocycles. The molecule has 3 atom stereocenters. The zero-order chi connectivity index (χ0) is 11.5. The van der Waals surface area contributed by atoms with Gasteiger partial charge in [-0.2, -0.15) is 0 Å². The molecule has 1 N–H and O–H groups in total. The first-order valence-electron chi connectivity index (χ1n) is 6.63. The van der Waals surface area contributed by atoms with Crippen LogP contribution in [-0.4, -0.2) is 24.2 Å². The first-order valence-corrected chi connectivity index (χ1v) is 6.63. The number of esters is 1. The lowest BCUT2D eigenvalue weighted by Crippen LogP contribution is -2.38. The van der Waals surface area contributed by atoms with Crippen molar-refractivity contribution in [3.63, 3.8) is 0 Å². The lowest BCUT2D eigenvalue weighted by atomic mass is 9.90. The maximum absolute atomic E-state index is 11.7. The summed E-state index contributed by atoms with van der Waals surface area (Å²) in [7, 11) is 0. The van der Waals surface area contributed by atoms with Crippen LogP contribution in [0.1, 0.15) is 52.4 Å². The number of carbonyl (C=O) groups excluding carboxylic acids is 1. The van der Waals surface area contributed by atoms with Crippen LogP contribution < -0.4 is 5.32 Å². The number of nitrogens with one attached hydrogen (secondary N) is 1. The lowest BCUT2D eigenvalue weighted by molar-refractivity contribution is -0.149. The van der Waals surface area contributed by atoms with E-state index in [2.05, 4.69) is 5.32 Å². The van der Waals surface area contributed by atoms with Crippen molar-refractivity contribution in [3.8, 4) is 0 Å². The Morgan fingerprint density at radius 3 is 2.56 bits per heavy atom. The van der Waals surface area contributed by atoms with Gasteiger partial charge in [-0.1, -0.05) is 6.92 Å².